The summed E-state index contributed by atoms with van der Waals surface area (Å²) in [6.07, 6.45) is 6.54. The van der Waals surface area contributed by atoms with Gasteiger partial charge in [-0.1, -0.05) is 156 Å². The van der Waals surface area contributed by atoms with E-state index >= 15 is 0 Å². The Balaban J connectivity index is 1.47. The monoisotopic (exact) mass is 786 g/mol. The Hall–Kier alpha value is -5.41. The second kappa shape index (κ2) is 14.2. The summed E-state index contributed by atoms with van der Waals surface area (Å²) in [6.45, 7) is 6.86. The van der Waals surface area contributed by atoms with E-state index in [1.54, 1.807) is 0 Å². The molecule has 1 atom stereocenters. The highest BCUT2D eigenvalue weighted by molar-refractivity contribution is 6.84. The van der Waals surface area contributed by atoms with Gasteiger partial charge in [0.2, 0.25) is 0 Å². The predicted molar refractivity (Wildman–Crippen MR) is 234 cm³/mol. The molecule has 4 aliphatic heterocycles. The fourth-order valence-corrected chi connectivity index (χ4v) is 19.7. The summed E-state index contributed by atoms with van der Waals surface area (Å²) in [4.78, 5) is 32.7. The van der Waals surface area contributed by atoms with Crippen LogP contribution in [0.4, 0.5) is 11.6 Å². The number of hydrogen-bond donors (Lipinski definition) is 0. The maximum Gasteiger partial charge on any atom is 0.592 e. The van der Waals surface area contributed by atoms with Gasteiger partial charge >= 0.3 is 8.88 Å². The molecule has 4 aromatic carbocycles. The molecular formula is C45H46N8O2Si2. The molecule has 10 nitrogen and oxygen atoms in total. The highest BCUT2D eigenvalue weighted by atomic mass is 28.5. The van der Waals surface area contributed by atoms with Crippen molar-refractivity contribution >= 4 is 73.7 Å². The summed E-state index contributed by atoms with van der Waals surface area (Å²) < 4.78 is 20.2. The van der Waals surface area contributed by atoms with Crippen molar-refractivity contribution in [2.45, 2.75) is 77.4 Å². The lowest BCUT2D eigenvalue weighted by Crippen LogP contribution is -2.67. The largest absolute Gasteiger partial charge is 0.592 e. The third kappa shape index (κ3) is 5.56. The standard InChI is InChI=1S/C45H46N8O2Si2/c1-5-8-27-56(28-9-6-2,29-10-7-3)55-57(54-4)52-42-34-23-15-16-24-35(34)44(52)50-40-32-21-13-14-22-33(32)41(47-40)51-45-37-26-18-17-25-36(37)43(53(45)57)49-39-31-20-12-11-19-30(31)38(46-39)48-42/h11-26H,5-10,27-29H2,1-4H3/b48-38-,48-42?,49-39?,49-43-,50-40-,50-44?,51-41?,51-45-. The fraction of sp³-hybridized carbons (Fsp3) is 0.289. The Morgan fingerprint density at radius 3 is 1.23 bits per heavy atom. The lowest BCUT2D eigenvalue weighted by Gasteiger charge is -2.42. The van der Waals surface area contributed by atoms with E-state index in [1.807, 2.05) is 31.4 Å². The molecule has 0 radical (unpaired) electrons. The highest BCUT2D eigenvalue weighted by Gasteiger charge is 2.56. The maximum atomic E-state index is 8.40. The quantitative estimate of drug-likeness (QED) is 0.116. The Morgan fingerprint density at radius 1 is 0.474 bits per heavy atom. The van der Waals surface area contributed by atoms with E-state index in [1.165, 1.54) is 0 Å². The van der Waals surface area contributed by atoms with E-state index in [9.17, 15) is 0 Å². The SMILES string of the molecule is CCCC[Si](CCCC)(CCCC)O[Si]1(OC)n2c3c4ccccc4c2/N=C2N=C(/N=c4/c5ccccc5/c(n41)=N/C1=NC(=N\3)/c3ccccc31)c1ccccc1\2. The minimum atomic E-state index is -4.09. The van der Waals surface area contributed by atoms with Gasteiger partial charge in [-0.2, -0.15) is 0 Å². The molecule has 286 valence electrons. The molecule has 0 N–H and O–H groups in total. The van der Waals surface area contributed by atoms with Gasteiger partial charge in [-0.25, -0.2) is 30.0 Å². The fourth-order valence-electron chi connectivity index (χ4n) is 9.06. The number of nitrogens with zero attached hydrogens (tertiary/aromatic N) is 8. The molecule has 6 heterocycles. The first-order valence-electron chi connectivity index (χ1n) is 20.5. The maximum absolute atomic E-state index is 8.40. The van der Waals surface area contributed by atoms with Crippen molar-refractivity contribution in [2.24, 2.45) is 30.0 Å². The first kappa shape index (κ1) is 36.0. The smallest absolute Gasteiger partial charge is 0.403 e. The van der Waals surface area contributed by atoms with Gasteiger partial charge < -0.3 is 8.54 Å². The molecular weight excluding hydrogens is 741 g/mol. The van der Waals surface area contributed by atoms with Crippen LogP contribution in [0.3, 0.4) is 0 Å². The van der Waals surface area contributed by atoms with Crippen LogP contribution in [0.15, 0.2) is 127 Å². The topological polar surface area (TPSA) is 102 Å². The summed E-state index contributed by atoms with van der Waals surface area (Å²) in [5, 5.41) is 3.76. The number of aromatic nitrogens is 2. The van der Waals surface area contributed by atoms with Crippen molar-refractivity contribution in [1.29, 1.82) is 0 Å². The van der Waals surface area contributed by atoms with Gasteiger partial charge in [-0.3, -0.25) is 8.47 Å². The van der Waals surface area contributed by atoms with Gasteiger partial charge in [0.25, 0.3) is 0 Å². The molecule has 0 saturated carbocycles. The zero-order chi connectivity index (χ0) is 38.7. The minimum Gasteiger partial charge on any atom is -0.403 e. The summed E-state index contributed by atoms with van der Waals surface area (Å²) in [5.41, 5.74) is 5.13. The van der Waals surface area contributed by atoms with Gasteiger partial charge in [0, 0.05) is 50.9 Å². The molecule has 0 saturated heterocycles. The minimum absolute atomic E-state index is 0.603. The van der Waals surface area contributed by atoms with Crippen LogP contribution in [-0.4, -0.2) is 56.1 Å². The Kier molecular flexibility index (Phi) is 8.96. The zero-order valence-corrected chi connectivity index (χ0v) is 35.0. The van der Waals surface area contributed by atoms with Crippen molar-refractivity contribution in [3.8, 4) is 0 Å². The molecule has 0 amide bonds. The molecule has 4 aliphatic rings. The van der Waals surface area contributed by atoms with E-state index in [4.69, 9.17) is 38.5 Å². The molecule has 6 aromatic rings. The van der Waals surface area contributed by atoms with Crippen molar-refractivity contribution < 1.29 is 8.54 Å². The predicted octanol–water partition coefficient (Wildman–Crippen LogP) is 9.38. The third-order valence-electron chi connectivity index (χ3n) is 11.9. The van der Waals surface area contributed by atoms with Crippen molar-refractivity contribution in [3.05, 3.63) is 130 Å². The van der Waals surface area contributed by atoms with Gasteiger partial charge in [-0.15, -0.1) is 0 Å². The number of benzene rings is 4. The van der Waals surface area contributed by atoms with Crippen LogP contribution in [0.2, 0.25) is 18.1 Å². The molecule has 1 unspecified atom stereocenters. The molecule has 0 aliphatic carbocycles. The van der Waals surface area contributed by atoms with Crippen LogP contribution in [-0.2, 0) is 8.54 Å². The van der Waals surface area contributed by atoms with Crippen LogP contribution in [0.5, 0.6) is 0 Å². The average molecular weight is 787 g/mol. The number of aliphatic imine (C=N–C) groups is 4. The van der Waals surface area contributed by atoms with Crippen LogP contribution in [0.1, 0.15) is 81.5 Å². The van der Waals surface area contributed by atoms with Crippen molar-refractivity contribution in [3.63, 3.8) is 0 Å². The first-order chi connectivity index (χ1) is 28.0. The van der Waals surface area contributed by atoms with Crippen LogP contribution in [0.25, 0.3) is 21.5 Å². The normalized spacial score (nSPS) is 20.6. The Labute approximate surface area is 334 Å². The van der Waals surface area contributed by atoms with E-state index < -0.39 is 17.2 Å². The van der Waals surface area contributed by atoms with Gasteiger partial charge in [0.15, 0.2) is 31.7 Å². The Bertz CT molecular complexity index is 2680. The van der Waals surface area contributed by atoms with Crippen molar-refractivity contribution in [1.82, 2.24) is 8.47 Å². The van der Waals surface area contributed by atoms with Crippen LogP contribution in [0, 0.1) is 0 Å². The van der Waals surface area contributed by atoms with Crippen LogP contribution >= 0.6 is 0 Å². The Morgan fingerprint density at radius 2 is 0.842 bits per heavy atom. The molecule has 0 spiro atoms. The van der Waals surface area contributed by atoms with Gasteiger partial charge in [0.05, 0.1) is 0 Å². The lowest BCUT2D eigenvalue weighted by atomic mass is 10.1. The second-order valence-electron chi connectivity index (χ2n) is 15.5. The molecule has 2 aromatic heterocycles. The summed E-state index contributed by atoms with van der Waals surface area (Å²) in [7, 11) is -4.88. The lowest BCUT2D eigenvalue weighted by molar-refractivity contribution is 0.261. The molecule has 6 bridgehead atoms. The molecule has 57 heavy (non-hydrogen) atoms. The number of hydrogen-bond acceptors (Lipinski definition) is 8. The summed E-state index contributed by atoms with van der Waals surface area (Å²) in [5.74, 6) is 3.81. The zero-order valence-electron chi connectivity index (χ0n) is 33.0. The number of fused-ring (bicyclic) bond motifs is 14. The highest BCUT2D eigenvalue weighted by Crippen LogP contribution is 2.45. The molecule has 0 fully saturated rings. The summed E-state index contributed by atoms with van der Waals surface area (Å²) in [6, 6.07) is 36.4. The van der Waals surface area contributed by atoms with E-state index in [0.29, 0.717) is 46.0 Å². The number of unbranched alkanes of at least 4 members (excludes halogenated alkanes) is 3. The van der Waals surface area contributed by atoms with E-state index in [2.05, 4.69) is 102 Å². The molecule has 12 heteroatoms. The molecule has 10 rings (SSSR count). The first-order valence-corrected chi connectivity index (χ1v) is 24.8. The van der Waals surface area contributed by atoms with Gasteiger partial charge in [-0.05, 0) is 18.1 Å². The second-order valence-corrected chi connectivity index (χ2v) is 22.5. The van der Waals surface area contributed by atoms with Crippen LogP contribution < -0.4 is 11.0 Å². The van der Waals surface area contributed by atoms with Crippen molar-refractivity contribution in [2.75, 3.05) is 7.11 Å². The average Bonchev–Trinajstić information content (AvgIpc) is 3.97. The van der Waals surface area contributed by atoms with Gasteiger partial charge in [0.1, 0.15) is 22.6 Å². The summed E-state index contributed by atoms with van der Waals surface area (Å²) >= 11 is 0. The van der Waals surface area contributed by atoms with E-state index in [-0.39, 0.29) is 0 Å². The number of rotatable bonds is 12. The van der Waals surface area contributed by atoms with E-state index in [0.717, 1.165) is 100 Å². The third-order valence-corrected chi connectivity index (χ3v) is 21.0. The number of amidine groups is 4.